The molecule has 0 saturated heterocycles. The molecule has 3 aromatic rings. The number of amides is 1. The Hall–Kier alpha value is -3.16. The number of benzene rings is 2. The van der Waals surface area contributed by atoms with Gasteiger partial charge in [0, 0.05) is 31.5 Å². The van der Waals surface area contributed by atoms with Gasteiger partial charge in [-0.3, -0.25) is 4.79 Å². The maximum Gasteiger partial charge on any atom is 0.217 e. The van der Waals surface area contributed by atoms with E-state index < -0.39 is 12.1 Å². The van der Waals surface area contributed by atoms with Crippen molar-refractivity contribution in [2.24, 2.45) is 5.41 Å². The molecule has 1 aliphatic heterocycles. The largest absolute Gasteiger partial charge is 0.487 e. The molecule has 1 spiro atoms. The Morgan fingerprint density at radius 3 is 2.58 bits per heavy atom. The molecule has 2 heterocycles. The molecule has 3 atom stereocenters. The van der Waals surface area contributed by atoms with E-state index in [1.54, 1.807) is 24.3 Å². The number of carbonyl (C=O) groups is 1. The highest BCUT2D eigenvalue weighted by Crippen LogP contribution is 2.49. The number of aliphatic hydroxyl groups is 1. The smallest absolute Gasteiger partial charge is 0.217 e. The third-order valence-corrected chi connectivity index (χ3v) is 8.05. The topological polar surface area (TPSA) is 83.7 Å². The van der Waals surface area contributed by atoms with Gasteiger partial charge in [-0.15, -0.1) is 0 Å². The Balaban J connectivity index is 1.33. The summed E-state index contributed by atoms with van der Waals surface area (Å²) in [5.41, 5.74) is 3.57. The van der Waals surface area contributed by atoms with Gasteiger partial charge in [-0.05, 0) is 79.0 Å². The van der Waals surface area contributed by atoms with Crippen LogP contribution in [0.2, 0.25) is 0 Å². The maximum atomic E-state index is 14.5. The van der Waals surface area contributed by atoms with Crippen molar-refractivity contribution in [3.05, 3.63) is 77.3 Å². The third kappa shape index (κ3) is 6.58. The van der Waals surface area contributed by atoms with E-state index in [2.05, 4.69) is 49.6 Å². The van der Waals surface area contributed by atoms with Gasteiger partial charge in [-0.2, -0.15) is 0 Å². The standard InChI is InChI=1S/C33H41FN2O4/c1-21(37)36-27(17-22-8-10-26(34)24(15-22)30-7-5-14-39-30)29(38)20-35-28-19-33(12-6-13-33)40-31-11-9-23(16-25(28)31)18-32(2,3)4/h5,7-11,14-16,27-29,35,38H,6,12-13,17-20H2,1-4H3,(H,36,37)/t27-,28?,29+/m0/s1. The molecule has 1 saturated carbocycles. The van der Waals surface area contributed by atoms with Crippen molar-refractivity contribution in [1.29, 1.82) is 0 Å². The maximum absolute atomic E-state index is 14.5. The molecule has 0 radical (unpaired) electrons. The lowest BCUT2D eigenvalue weighted by atomic mass is 9.72. The molecule has 1 unspecified atom stereocenters. The molecule has 1 amide bonds. The summed E-state index contributed by atoms with van der Waals surface area (Å²) in [5, 5.41) is 17.8. The third-order valence-electron chi connectivity index (χ3n) is 8.05. The average Bonchev–Trinajstić information content (AvgIpc) is 3.40. The number of furan rings is 1. The molecule has 214 valence electrons. The summed E-state index contributed by atoms with van der Waals surface area (Å²) in [6.07, 6.45) is 6.04. The first-order chi connectivity index (χ1) is 19.0. The number of aliphatic hydroxyl groups excluding tert-OH is 1. The number of ether oxygens (including phenoxy) is 1. The Kier molecular flexibility index (Phi) is 8.07. The summed E-state index contributed by atoms with van der Waals surface area (Å²) >= 11 is 0. The molecule has 1 fully saturated rings. The molecule has 1 aromatic heterocycles. The second-order valence-corrected chi connectivity index (χ2v) is 12.8. The van der Waals surface area contributed by atoms with E-state index in [0.717, 1.165) is 49.0 Å². The lowest BCUT2D eigenvalue weighted by Gasteiger charge is -2.48. The van der Waals surface area contributed by atoms with Crippen LogP contribution in [-0.4, -0.2) is 35.3 Å². The van der Waals surface area contributed by atoms with E-state index >= 15 is 0 Å². The SMILES string of the molecule is CC(=O)N[C@@H](Cc1ccc(F)c(-c2ccco2)c1)[C@H](O)CNC1CC2(CCC2)Oc2ccc(CC(C)(C)C)cc21. The van der Waals surface area contributed by atoms with Crippen molar-refractivity contribution in [2.45, 2.75) is 90.0 Å². The van der Waals surface area contributed by atoms with Gasteiger partial charge in [0.05, 0.1) is 24.0 Å². The fraction of sp³-hybridized carbons (Fsp3) is 0.485. The minimum Gasteiger partial charge on any atom is -0.487 e. The van der Waals surface area contributed by atoms with Gasteiger partial charge in [0.25, 0.3) is 0 Å². The van der Waals surface area contributed by atoms with Crippen LogP contribution in [-0.2, 0) is 17.6 Å². The Morgan fingerprint density at radius 2 is 1.93 bits per heavy atom. The number of hydrogen-bond donors (Lipinski definition) is 3. The number of rotatable bonds is 9. The molecule has 40 heavy (non-hydrogen) atoms. The number of halogens is 1. The summed E-state index contributed by atoms with van der Waals surface area (Å²) in [4.78, 5) is 12.1. The zero-order valence-electron chi connectivity index (χ0n) is 23.9. The van der Waals surface area contributed by atoms with E-state index in [4.69, 9.17) is 9.15 Å². The number of nitrogens with one attached hydrogen (secondary N) is 2. The van der Waals surface area contributed by atoms with Gasteiger partial charge in [0.15, 0.2) is 0 Å². The highest BCUT2D eigenvalue weighted by Gasteiger charge is 2.45. The van der Waals surface area contributed by atoms with Crippen molar-refractivity contribution >= 4 is 5.91 Å². The van der Waals surface area contributed by atoms with Crippen molar-refractivity contribution < 1.29 is 23.4 Å². The minimum atomic E-state index is -0.859. The summed E-state index contributed by atoms with van der Waals surface area (Å²) in [6, 6.07) is 14.2. The predicted octanol–water partition coefficient (Wildman–Crippen LogP) is 6.12. The first-order valence-corrected chi connectivity index (χ1v) is 14.3. The Bertz CT molecular complexity index is 1330. The van der Waals surface area contributed by atoms with Crippen molar-refractivity contribution in [3.63, 3.8) is 0 Å². The molecular formula is C33H41FN2O4. The van der Waals surface area contributed by atoms with Crippen LogP contribution in [0.5, 0.6) is 5.75 Å². The molecule has 3 N–H and O–H groups in total. The Labute approximate surface area is 236 Å². The van der Waals surface area contributed by atoms with Gasteiger partial charge in [-0.1, -0.05) is 39.0 Å². The summed E-state index contributed by atoms with van der Waals surface area (Å²) in [7, 11) is 0. The summed E-state index contributed by atoms with van der Waals surface area (Å²) in [5.74, 6) is 0.748. The van der Waals surface area contributed by atoms with Crippen molar-refractivity contribution in [2.75, 3.05) is 6.54 Å². The molecular weight excluding hydrogens is 507 g/mol. The van der Waals surface area contributed by atoms with Crippen LogP contribution < -0.4 is 15.4 Å². The van der Waals surface area contributed by atoms with Crippen LogP contribution in [0.1, 0.15) is 76.1 Å². The van der Waals surface area contributed by atoms with Crippen LogP contribution >= 0.6 is 0 Å². The van der Waals surface area contributed by atoms with Crippen LogP contribution in [0.3, 0.4) is 0 Å². The normalized spacial score (nSPS) is 19.3. The van der Waals surface area contributed by atoms with E-state index in [9.17, 15) is 14.3 Å². The fourth-order valence-corrected chi connectivity index (χ4v) is 6.03. The van der Waals surface area contributed by atoms with Crippen LogP contribution in [0.4, 0.5) is 4.39 Å². The van der Waals surface area contributed by atoms with Gasteiger partial charge < -0.3 is 24.9 Å². The first-order valence-electron chi connectivity index (χ1n) is 14.3. The lowest BCUT2D eigenvalue weighted by Crippen LogP contribution is -2.52. The zero-order valence-corrected chi connectivity index (χ0v) is 23.9. The number of hydrogen-bond acceptors (Lipinski definition) is 5. The predicted molar refractivity (Wildman–Crippen MR) is 154 cm³/mol. The highest BCUT2D eigenvalue weighted by molar-refractivity contribution is 5.73. The van der Waals surface area contributed by atoms with E-state index in [1.165, 1.54) is 24.8 Å². The second kappa shape index (κ2) is 11.4. The van der Waals surface area contributed by atoms with Crippen molar-refractivity contribution in [3.8, 4) is 17.1 Å². The zero-order chi connectivity index (χ0) is 28.5. The molecule has 5 rings (SSSR count). The summed E-state index contributed by atoms with van der Waals surface area (Å²) in [6.45, 7) is 8.44. The highest BCUT2D eigenvalue weighted by atomic mass is 19.1. The van der Waals surface area contributed by atoms with Gasteiger partial charge in [0.1, 0.15) is 22.9 Å². The Morgan fingerprint density at radius 1 is 1.15 bits per heavy atom. The van der Waals surface area contributed by atoms with Crippen LogP contribution in [0.15, 0.2) is 59.2 Å². The summed E-state index contributed by atoms with van der Waals surface area (Å²) < 4.78 is 26.4. The quantitative estimate of drug-likeness (QED) is 0.300. The molecule has 7 heteroatoms. The van der Waals surface area contributed by atoms with Crippen LogP contribution in [0, 0.1) is 11.2 Å². The number of carbonyl (C=O) groups excluding carboxylic acids is 1. The van der Waals surface area contributed by atoms with Crippen LogP contribution in [0.25, 0.3) is 11.3 Å². The number of fused-ring (bicyclic) bond motifs is 1. The molecule has 0 bridgehead atoms. The fourth-order valence-electron chi connectivity index (χ4n) is 6.03. The second-order valence-electron chi connectivity index (χ2n) is 12.8. The molecule has 2 aromatic carbocycles. The molecule has 1 aliphatic carbocycles. The minimum absolute atomic E-state index is 0.0352. The first kappa shape index (κ1) is 28.4. The molecule has 6 nitrogen and oxygen atoms in total. The average molecular weight is 549 g/mol. The van der Waals surface area contributed by atoms with Gasteiger partial charge >= 0.3 is 0 Å². The molecule has 2 aliphatic rings. The van der Waals surface area contributed by atoms with E-state index in [1.807, 2.05) is 0 Å². The van der Waals surface area contributed by atoms with E-state index in [0.29, 0.717) is 24.3 Å². The van der Waals surface area contributed by atoms with Crippen molar-refractivity contribution in [1.82, 2.24) is 10.6 Å². The lowest BCUT2D eigenvalue weighted by molar-refractivity contribution is -0.120. The van der Waals surface area contributed by atoms with Gasteiger partial charge in [0.2, 0.25) is 5.91 Å². The monoisotopic (exact) mass is 548 g/mol. The van der Waals surface area contributed by atoms with Gasteiger partial charge in [-0.25, -0.2) is 4.39 Å². The van der Waals surface area contributed by atoms with E-state index in [-0.39, 0.29) is 28.8 Å².